The van der Waals surface area contributed by atoms with Crippen LogP contribution in [0.1, 0.15) is 10.4 Å². The van der Waals surface area contributed by atoms with Crippen molar-refractivity contribution in [3.63, 3.8) is 0 Å². The average molecular weight is 380 g/mol. The highest BCUT2D eigenvalue weighted by Gasteiger charge is 2.21. The summed E-state index contributed by atoms with van der Waals surface area (Å²) in [5, 5.41) is 4.42. The zero-order valence-corrected chi connectivity index (χ0v) is 14.8. The molecule has 0 atom stereocenters. The number of esters is 1. The van der Waals surface area contributed by atoms with Gasteiger partial charge in [0, 0.05) is 15.8 Å². The number of anilines is 2. The van der Waals surface area contributed by atoms with Crippen LogP contribution >= 0.6 is 34.5 Å². The molecule has 0 aliphatic heterocycles. The van der Waals surface area contributed by atoms with Gasteiger partial charge in [0.25, 0.3) is 0 Å². The third-order valence-electron chi connectivity index (χ3n) is 3.35. The van der Waals surface area contributed by atoms with Crippen LogP contribution in [0.4, 0.5) is 10.7 Å². The van der Waals surface area contributed by atoms with Gasteiger partial charge in [0.2, 0.25) is 5.43 Å². The van der Waals surface area contributed by atoms with Crippen molar-refractivity contribution in [2.75, 3.05) is 12.4 Å². The first-order valence-corrected chi connectivity index (χ1v) is 8.44. The number of carbonyl (C=O) groups is 1. The van der Waals surface area contributed by atoms with Crippen molar-refractivity contribution in [1.82, 2.24) is 0 Å². The summed E-state index contributed by atoms with van der Waals surface area (Å²) in [6.07, 6.45) is 0. The van der Waals surface area contributed by atoms with Crippen LogP contribution in [0.3, 0.4) is 0 Å². The lowest BCUT2D eigenvalue weighted by Gasteiger charge is -2.11. The Morgan fingerprint density at radius 1 is 1.12 bits per heavy atom. The van der Waals surface area contributed by atoms with Crippen LogP contribution in [0, 0.1) is 0 Å². The van der Waals surface area contributed by atoms with Crippen LogP contribution in [0.25, 0.3) is 10.1 Å². The zero-order valence-electron chi connectivity index (χ0n) is 12.4. The Labute approximate surface area is 151 Å². The van der Waals surface area contributed by atoms with E-state index in [-0.39, 0.29) is 10.6 Å². The van der Waals surface area contributed by atoms with Crippen molar-refractivity contribution in [2.24, 2.45) is 0 Å². The van der Waals surface area contributed by atoms with Crippen LogP contribution in [0.15, 0.2) is 47.3 Å². The Morgan fingerprint density at radius 2 is 1.79 bits per heavy atom. The van der Waals surface area contributed by atoms with Gasteiger partial charge in [-0.2, -0.15) is 0 Å². The number of halogens is 2. The van der Waals surface area contributed by atoms with Gasteiger partial charge in [-0.3, -0.25) is 4.79 Å². The van der Waals surface area contributed by atoms with Gasteiger partial charge in [-0.1, -0.05) is 41.4 Å². The number of ether oxygens (including phenoxy) is 1. The van der Waals surface area contributed by atoms with Gasteiger partial charge in [0.15, 0.2) is 0 Å². The molecule has 7 heteroatoms. The molecular weight excluding hydrogens is 369 g/mol. The zero-order chi connectivity index (χ0) is 17.3. The van der Waals surface area contributed by atoms with Gasteiger partial charge < -0.3 is 10.1 Å². The molecule has 0 radical (unpaired) electrons. The molecule has 1 N–H and O–H groups in total. The highest BCUT2D eigenvalue weighted by atomic mass is 35.5. The summed E-state index contributed by atoms with van der Waals surface area (Å²) in [7, 11) is 1.23. The van der Waals surface area contributed by atoms with Gasteiger partial charge in [0.1, 0.15) is 10.6 Å². The van der Waals surface area contributed by atoms with Crippen molar-refractivity contribution < 1.29 is 9.53 Å². The number of hydrogen-bond donors (Lipinski definition) is 1. The Hall–Kier alpha value is -2.08. The highest BCUT2D eigenvalue weighted by molar-refractivity contribution is 7.22. The van der Waals surface area contributed by atoms with E-state index in [9.17, 15) is 9.59 Å². The molecule has 0 saturated carbocycles. The van der Waals surface area contributed by atoms with E-state index in [1.54, 1.807) is 6.07 Å². The maximum absolute atomic E-state index is 12.8. The van der Waals surface area contributed by atoms with Gasteiger partial charge >= 0.3 is 5.97 Å². The van der Waals surface area contributed by atoms with E-state index < -0.39 is 11.4 Å². The molecule has 0 aliphatic carbocycles. The first kappa shape index (κ1) is 16.8. The van der Waals surface area contributed by atoms with Crippen molar-refractivity contribution in [3.8, 4) is 0 Å². The third kappa shape index (κ3) is 3.11. The minimum Gasteiger partial charge on any atom is -0.465 e. The summed E-state index contributed by atoms with van der Waals surface area (Å²) >= 11 is 13.3. The van der Waals surface area contributed by atoms with E-state index in [4.69, 9.17) is 27.9 Å². The van der Waals surface area contributed by atoms with E-state index in [0.717, 1.165) is 5.69 Å². The number of carbonyl (C=O) groups excluding carboxylic acids is 1. The van der Waals surface area contributed by atoms with E-state index in [0.29, 0.717) is 20.1 Å². The minimum absolute atomic E-state index is 0.0581. The van der Waals surface area contributed by atoms with Gasteiger partial charge in [-0.25, -0.2) is 4.79 Å². The fraction of sp³-hybridized carbons (Fsp3) is 0.0588. The minimum atomic E-state index is -0.706. The predicted molar refractivity (Wildman–Crippen MR) is 99.2 cm³/mol. The van der Waals surface area contributed by atoms with Gasteiger partial charge in [-0.15, -0.1) is 11.3 Å². The molecule has 122 valence electrons. The quantitative estimate of drug-likeness (QED) is 0.643. The van der Waals surface area contributed by atoms with Crippen molar-refractivity contribution in [1.29, 1.82) is 0 Å². The third-order valence-corrected chi connectivity index (χ3v) is 5.14. The number of hydrogen-bond acceptors (Lipinski definition) is 5. The molecule has 1 heterocycles. The largest absolute Gasteiger partial charge is 0.465 e. The lowest BCUT2D eigenvalue weighted by molar-refractivity contribution is 0.0601. The fourth-order valence-corrected chi connectivity index (χ4v) is 3.71. The smallest absolute Gasteiger partial charge is 0.344 e. The SMILES string of the molecule is COC(=O)c1c(Nc2ccccc2)sc2cc(Cl)c(Cl)cc2c1=O. The molecule has 0 aliphatic rings. The Balaban J connectivity index is 2.27. The van der Waals surface area contributed by atoms with Crippen molar-refractivity contribution >= 4 is 61.3 Å². The molecule has 24 heavy (non-hydrogen) atoms. The number of fused-ring (bicyclic) bond motifs is 1. The normalized spacial score (nSPS) is 10.6. The predicted octanol–water partition coefficient (Wildman–Crippen LogP) is 5.10. The highest BCUT2D eigenvalue weighted by Crippen LogP contribution is 2.34. The molecule has 0 fully saturated rings. The fourth-order valence-electron chi connectivity index (χ4n) is 2.22. The van der Waals surface area contributed by atoms with Crippen molar-refractivity contribution in [3.05, 3.63) is 68.3 Å². The molecule has 3 rings (SSSR count). The van der Waals surface area contributed by atoms with Crippen LogP contribution in [-0.4, -0.2) is 13.1 Å². The number of rotatable bonds is 3. The maximum atomic E-state index is 12.8. The van der Waals surface area contributed by atoms with Gasteiger partial charge in [0.05, 0.1) is 17.2 Å². The number of methoxy groups -OCH3 is 1. The second-order valence-corrected chi connectivity index (χ2v) is 6.75. The summed E-state index contributed by atoms with van der Waals surface area (Å²) in [6.45, 7) is 0. The number of nitrogens with one attached hydrogen (secondary N) is 1. The monoisotopic (exact) mass is 379 g/mol. The summed E-state index contributed by atoms with van der Waals surface area (Å²) in [6, 6.07) is 12.3. The van der Waals surface area contributed by atoms with Crippen LogP contribution < -0.4 is 10.7 Å². The molecule has 0 saturated heterocycles. The molecule has 2 aromatic carbocycles. The lowest BCUT2D eigenvalue weighted by atomic mass is 10.2. The molecule has 1 aromatic heterocycles. The van der Waals surface area contributed by atoms with Crippen LogP contribution in [0.2, 0.25) is 10.0 Å². The molecular formula is C17H11Cl2NO3S. The molecule has 3 aromatic rings. The molecule has 0 amide bonds. The topological polar surface area (TPSA) is 55.4 Å². The second kappa shape index (κ2) is 6.81. The molecule has 0 bridgehead atoms. The van der Waals surface area contributed by atoms with E-state index in [2.05, 4.69) is 5.32 Å². The number of benzene rings is 2. The average Bonchev–Trinajstić information content (AvgIpc) is 2.57. The van der Waals surface area contributed by atoms with E-state index in [1.165, 1.54) is 24.5 Å². The van der Waals surface area contributed by atoms with Crippen LogP contribution in [0.5, 0.6) is 0 Å². The summed E-state index contributed by atoms with van der Waals surface area (Å²) in [5.41, 5.74) is 0.238. The Kier molecular flexibility index (Phi) is 4.76. The second-order valence-electron chi connectivity index (χ2n) is 4.88. The summed E-state index contributed by atoms with van der Waals surface area (Å²) < 4.78 is 5.39. The molecule has 4 nitrogen and oxygen atoms in total. The van der Waals surface area contributed by atoms with E-state index >= 15 is 0 Å². The van der Waals surface area contributed by atoms with Crippen LogP contribution in [-0.2, 0) is 4.74 Å². The first-order valence-electron chi connectivity index (χ1n) is 6.87. The van der Waals surface area contributed by atoms with Gasteiger partial charge in [-0.05, 0) is 24.3 Å². The first-order chi connectivity index (χ1) is 11.5. The maximum Gasteiger partial charge on any atom is 0.344 e. The molecule has 0 spiro atoms. The lowest BCUT2D eigenvalue weighted by Crippen LogP contribution is -2.18. The summed E-state index contributed by atoms with van der Waals surface area (Å²) in [5.74, 6) is -0.706. The molecule has 0 unspecified atom stereocenters. The number of para-hydroxylation sites is 1. The van der Waals surface area contributed by atoms with Crippen molar-refractivity contribution in [2.45, 2.75) is 0 Å². The Morgan fingerprint density at radius 3 is 2.46 bits per heavy atom. The Bertz CT molecular complexity index is 987. The summed E-state index contributed by atoms with van der Waals surface area (Å²) in [4.78, 5) is 24.9. The standard InChI is InChI=1S/C17H11Cl2NO3S/c1-23-17(22)14-15(21)10-7-11(18)12(19)8-13(10)24-16(14)20-9-5-3-2-4-6-9/h2-8,20H,1H3. The van der Waals surface area contributed by atoms with E-state index in [1.807, 2.05) is 30.3 Å².